The third-order valence-electron chi connectivity index (χ3n) is 18.0. The van der Waals surface area contributed by atoms with Crippen LogP contribution in [0.25, 0.3) is 0 Å². The van der Waals surface area contributed by atoms with Crippen LogP contribution in [0.1, 0.15) is 27.7 Å². The van der Waals surface area contributed by atoms with Gasteiger partial charge < -0.3 is 194 Å². The fourth-order valence-corrected chi connectivity index (χ4v) is 12.9. The summed E-state index contributed by atoms with van der Waals surface area (Å²) in [5.41, 5.74) is 0. The van der Waals surface area contributed by atoms with E-state index in [1.807, 2.05) is 0 Å². The SMILES string of the molecule is CC(=O)N[C@H]1[C@H](O[C@H]2[C@H](O)[C@@H](NC(C)=O)C(O)O[C@@H]2CO[C@@H]2O[C@@H](C)[C@@H](O)[C@@H](O)[C@@H]2O)O[C@H](CO)[C@@H](O[C@@H]2O[C@H](CO[C@H]3O[C@H](CO)[C@@H](O)[C@H](O)[C@@H]3O)[C@@H](O)[C@H](O[C@H]3O[C@H](CO)[C@@H](O)[C@H](O)[C@@H]3O[C@@H]3O[C@H](COS(=O)(=O)O)[C@@H](O[C@@H]4O[C@H](CO)[C@H](O)[C@H](O)[C@H]4O)[C@H](O)[C@H]3NC(C)=O)[C@@H]2O)[C@@H]1O. The summed E-state index contributed by atoms with van der Waals surface area (Å²) in [7, 11) is -5.45. The highest BCUT2D eigenvalue weighted by Crippen LogP contribution is 2.39. The second-order valence-corrected chi connectivity index (χ2v) is 26.3. The molecule has 0 saturated carbocycles. The van der Waals surface area contributed by atoms with Gasteiger partial charge in [0.2, 0.25) is 17.7 Å². The van der Waals surface area contributed by atoms with Crippen LogP contribution in [-0.4, -0.2) is 430 Å². The topological polar surface area (TPSA) is 714 Å². The van der Waals surface area contributed by atoms with Gasteiger partial charge in [-0.05, 0) is 6.92 Å². The quantitative estimate of drug-likeness (QED) is 0.0358. The Morgan fingerprint density at radius 3 is 1.17 bits per heavy atom. The first kappa shape index (κ1) is 83.5. The molecule has 101 heavy (non-hydrogen) atoms. The molecule has 8 fully saturated rings. The molecule has 3 amide bonds. The lowest BCUT2D eigenvalue weighted by molar-refractivity contribution is -0.397. The Kier molecular flexibility index (Phi) is 29.5. The van der Waals surface area contributed by atoms with Gasteiger partial charge in [-0.1, -0.05) is 0 Å². The zero-order valence-electron chi connectivity index (χ0n) is 53.9. The number of aliphatic hydroxyl groups excluding tert-OH is 21. The molecule has 25 N–H and O–H groups in total. The molecule has 0 aromatic carbocycles. The maximum Gasteiger partial charge on any atom is 0.397 e. The van der Waals surface area contributed by atoms with Crippen LogP contribution in [0.5, 0.6) is 0 Å². The van der Waals surface area contributed by atoms with E-state index in [0.29, 0.717) is 0 Å². The van der Waals surface area contributed by atoms with Crippen molar-refractivity contribution in [1.29, 1.82) is 0 Å². The zero-order valence-corrected chi connectivity index (χ0v) is 54.7. The molecule has 0 aromatic heterocycles. The maximum absolute atomic E-state index is 13.0. The van der Waals surface area contributed by atoms with Crippen molar-refractivity contribution >= 4 is 28.1 Å². The Morgan fingerprint density at radius 2 is 0.673 bits per heavy atom. The van der Waals surface area contributed by atoms with E-state index in [1.165, 1.54) is 6.92 Å². The Bertz CT molecular complexity index is 2760. The van der Waals surface area contributed by atoms with Crippen LogP contribution in [0, 0.1) is 0 Å². The highest BCUT2D eigenvalue weighted by molar-refractivity contribution is 7.80. The van der Waals surface area contributed by atoms with E-state index < -0.39 is 320 Å². The number of nitrogens with one attached hydrogen (secondary N) is 3. The Morgan fingerprint density at radius 1 is 0.327 bits per heavy atom. The van der Waals surface area contributed by atoms with E-state index >= 15 is 0 Å². The van der Waals surface area contributed by atoms with Crippen LogP contribution in [0.2, 0.25) is 0 Å². The summed E-state index contributed by atoms with van der Waals surface area (Å²) < 4.78 is 126. The number of hydrogen-bond donors (Lipinski definition) is 25. The second kappa shape index (κ2) is 35.7. The van der Waals surface area contributed by atoms with E-state index in [1.54, 1.807) is 0 Å². The van der Waals surface area contributed by atoms with Gasteiger partial charge in [0.25, 0.3) is 0 Å². The predicted molar refractivity (Wildman–Crippen MR) is 308 cm³/mol. The molecular weight excluding hydrogens is 1410 g/mol. The van der Waals surface area contributed by atoms with E-state index in [-0.39, 0.29) is 0 Å². The normalized spacial score (nSPS) is 48.6. The number of rotatable bonds is 26. The minimum Gasteiger partial charge on any atom is -0.394 e. The van der Waals surface area contributed by atoms with Crippen molar-refractivity contribution in [2.45, 2.75) is 273 Å². The van der Waals surface area contributed by atoms with Crippen molar-refractivity contribution in [1.82, 2.24) is 16.0 Å². The number of carbonyl (C=O) groups excluding carboxylic acids is 3. The van der Waals surface area contributed by atoms with Crippen LogP contribution in [0.15, 0.2) is 0 Å². The monoisotopic (exact) mass is 1500 g/mol. The van der Waals surface area contributed by atoms with Crippen molar-refractivity contribution in [3.05, 3.63) is 0 Å². The average Bonchev–Trinajstić information content (AvgIpc) is 0.773. The minimum absolute atomic E-state index is 0.817. The molecule has 0 radical (unpaired) electrons. The van der Waals surface area contributed by atoms with Crippen molar-refractivity contribution in [2.24, 2.45) is 0 Å². The molecule has 0 aliphatic carbocycles. The molecule has 0 aromatic rings. The van der Waals surface area contributed by atoms with E-state index in [0.717, 1.165) is 20.8 Å². The molecule has 0 spiro atoms. The molecule has 586 valence electrons. The van der Waals surface area contributed by atoms with Crippen LogP contribution in [0.3, 0.4) is 0 Å². The van der Waals surface area contributed by atoms with Gasteiger partial charge in [0.1, 0.15) is 189 Å². The highest BCUT2D eigenvalue weighted by Gasteiger charge is 2.60. The molecule has 8 aliphatic heterocycles. The lowest BCUT2D eigenvalue weighted by atomic mass is 9.93. The van der Waals surface area contributed by atoms with Crippen LogP contribution in [-0.2, 0) is 100 Å². The summed E-state index contributed by atoms with van der Waals surface area (Å²) in [4.78, 5) is 38.2. The molecule has 46 nitrogen and oxygen atoms in total. The van der Waals surface area contributed by atoms with Crippen molar-refractivity contribution in [3.63, 3.8) is 0 Å². The van der Waals surface area contributed by atoms with Crippen molar-refractivity contribution in [3.8, 4) is 0 Å². The third kappa shape index (κ3) is 19.2. The first-order valence-corrected chi connectivity index (χ1v) is 33.0. The van der Waals surface area contributed by atoms with Gasteiger partial charge in [-0.25, -0.2) is 4.18 Å². The molecule has 8 rings (SSSR count). The fraction of sp³-hybridized carbons (Fsp3) is 0.944. The highest BCUT2D eigenvalue weighted by atomic mass is 32.3. The molecule has 40 atom stereocenters. The standard InChI is InChI=1S/C54H91N3O43S/c1-12-26(65)34(73)38(77)50(88-12)86-10-21-43(31(70)23(47(81)89-21)55-13(2)62)96-48-24(56-14(3)63)32(71)42(19(8-61)93-48)97-53-41(80)45(30(69)20(94-53)9-85-51-39(78)35(74)27(66)16(5-58)90-51)99-54-46(37(76)29(68)18(7-60)92-54)100-49-25(57-15(4)64)33(72)44(22(95-49)11-87-101(82,83)84)98-52-40(79)36(75)28(67)17(6-59)91-52/h12,16-54,58-61,65-81H,5-11H2,1-4H3,(H,55,62)(H,56,63)(H,57,64)(H,82,83,84)/t12-,16+,17+,18+,19+,20+,21+,22+,23+,24+,25+,26+,27+,28-,29+,30+,31+,32+,33+,34+,35-,36-,37-,38-,39-,40+,41-,42+,43+,44+,45-,46-,47?,48-,49-,50+,51-,52-,53-,54+/m0/s1. The van der Waals surface area contributed by atoms with Gasteiger partial charge >= 0.3 is 10.4 Å². The first-order chi connectivity index (χ1) is 47.4. The van der Waals surface area contributed by atoms with Crippen LogP contribution in [0.4, 0.5) is 0 Å². The van der Waals surface area contributed by atoms with Gasteiger partial charge in [0.05, 0.1) is 52.4 Å². The number of carbonyl (C=O) groups is 3. The second-order valence-electron chi connectivity index (χ2n) is 25.2. The smallest absolute Gasteiger partial charge is 0.394 e. The Labute approximate surface area is 572 Å². The molecule has 1 unspecified atom stereocenters. The summed E-state index contributed by atoms with van der Waals surface area (Å²) in [5.74, 6) is -2.79. The predicted octanol–water partition coefficient (Wildman–Crippen LogP) is -17.2. The zero-order chi connectivity index (χ0) is 74.7. The number of aliphatic hydroxyl groups is 21. The molecule has 0 bridgehead atoms. The van der Waals surface area contributed by atoms with Gasteiger partial charge in [0.15, 0.2) is 50.3 Å². The first-order valence-electron chi connectivity index (χ1n) is 31.6. The summed E-state index contributed by atoms with van der Waals surface area (Å²) in [5, 5.41) is 238. The van der Waals surface area contributed by atoms with Crippen LogP contribution >= 0.6 is 0 Å². The summed E-state index contributed by atoms with van der Waals surface area (Å²) in [6.45, 7) is -3.48. The Hall–Kier alpha value is -3.16. The molecule has 47 heteroatoms. The molecule has 8 saturated heterocycles. The third-order valence-corrected chi connectivity index (χ3v) is 18.4. The molecule has 8 aliphatic rings. The van der Waals surface area contributed by atoms with E-state index in [2.05, 4.69) is 20.1 Å². The van der Waals surface area contributed by atoms with Gasteiger partial charge in [0, 0.05) is 20.8 Å². The fourth-order valence-electron chi connectivity index (χ4n) is 12.6. The van der Waals surface area contributed by atoms with Gasteiger partial charge in [-0.3, -0.25) is 18.9 Å². The van der Waals surface area contributed by atoms with Gasteiger partial charge in [-0.2, -0.15) is 8.42 Å². The number of amides is 3. The van der Waals surface area contributed by atoms with Crippen molar-refractivity contribution in [2.75, 3.05) is 46.2 Å². The lowest BCUT2D eigenvalue weighted by Crippen LogP contribution is -2.71. The summed E-state index contributed by atoms with van der Waals surface area (Å²) in [6, 6.07) is -5.72. The lowest BCUT2D eigenvalue weighted by Gasteiger charge is -2.51. The number of ether oxygens (including phenoxy) is 15. The summed E-state index contributed by atoms with van der Waals surface area (Å²) >= 11 is 0. The number of hydrogen-bond acceptors (Lipinski definition) is 42. The van der Waals surface area contributed by atoms with Crippen molar-refractivity contribution < 1.29 is 210 Å². The van der Waals surface area contributed by atoms with Crippen LogP contribution < -0.4 is 16.0 Å². The van der Waals surface area contributed by atoms with Gasteiger partial charge in [-0.15, -0.1) is 0 Å². The molecule has 8 heterocycles. The van der Waals surface area contributed by atoms with E-state index in [9.17, 15) is 135 Å². The minimum atomic E-state index is -5.45. The van der Waals surface area contributed by atoms with E-state index in [4.69, 9.17) is 71.1 Å². The largest absolute Gasteiger partial charge is 0.397 e. The average molecular weight is 1500 g/mol. The summed E-state index contributed by atoms with van der Waals surface area (Å²) in [6.07, 6.45) is -76.1. The molecular formula is C54H91N3O43S. The maximum atomic E-state index is 13.0. The Balaban J connectivity index is 1.11.